The molecule has 1 aliphatic carbocycles. The highest BCUT2D eigenvalue weighted by Crippen LogP contribution is 2.50. The Kier molecular flexibility index (Phi) is 7.79. The second kappa shape index (κ2) is 11.6. The highest BCUT2D eigenvalue weighted by molar-refractivity contribution is 7.89. The summed E-state index contributed by atoms with van der Waals surface area (Å²) in [5, 5.41) is 6.63. The van der Waals surface area contributed by atoms with Crippen LogP contribution in [-0.4, -0.2) is 57.2 Å². The fourth-order valence-corrected chi connectivity index (χ4v) is 8.49. The standard InChI is InChI=1S/C30H27ClF3N7O2S2/c31-21-15-18(32)4-5-20(21)26-25(22-6-12-41(38-22)29(33)34)23-16-19(17-40(23)27(37-26)28-36-11-13-44-28)39-45(42,43)14-9-30(7-8-30)24-3-1-2-10-35-24/h1-6,10-13,15,19,26,29,39H,7-9,14,16-17H2/t19-,26-/m0/s1. The number of thiazole rings is 1. The number of nitrogens with zero attached hydrogens (tertiary/aromatic N) is 6. The van der Waals surface area contributed by atoms with Crippen molar-refractivity contribution < 1.29 is 21.6 Å². The number of halogens is 4. The lowest BCUT2D eigenvalue weighted by molar-refractivity contribution is 0.0564. The average molecular weight is 674 g/mol. The predicted molar refractivity (Wildman–Crippen MR) is 165 cm³/mol. The number of nitrogens with one attached hydrogen (secondary N) is 1. The Morgan fingerprint density at radius 3 is 2.64 bits per heavy atom. The molecule has 45 heavy (non-hydrogen) atoms. The number of benzene rings is 1. The van der Waals surface area contributed by atoms with E-state index in [1.165, 1.54) is 41.8 Å². The smallest absolute Gasteiger partial charge is 0.326 e. The Bertz CT molecular complexity index is 1890. The third-order valence-corrected chi connectivity index (χ3v) is 11.0. The third-order valence-electron chi connectivity index (χ3n) is 8.48. The van der Waals surface area contributed by atoms with Crippen molar-refractivity contribution in [1.29, 1.82) is 0 Å². The van der Waals surface area contributed by atoms with Crippen molar-refractivity contribution in [2.45, 2.75) is 49.7 Å². The largest absolute Gasteiger partial charge is 0.333 e. The van der Waals surface area contributed by atoms with E-state index in [1.807, 2.05) is 23.1 Å². The summed E-state index contributed by atoms with van der Waals surface area (Å²) in [5.74, 6) is -0.115. The van der Waals surface area contributed by atoms with Gasteiger partial charge < -0.3 is 4.90 Å². The Morgan fingerprint density at radius 2 is 1.98 bits per heavy atom. The number of rotatable bonds is 10. The summed E-state index contributed by atoms with van der Waals surface area (Å²) < 4.78 is 71.6. The Morgan fingerprint density at radius 1 is 1.13 bits per heavy atom. The van der Waals surface area contributed by atoms with Gasteiger partial charge >= 0.3 is 6.55 Å². The molecule has 1 aromatic carbocycles. The lowest BCUT2D eigenvalue weighted by Crippen LogP contribution is -2.40. The van der Waals surface area contributed by atoms with Crippen LogP contribution in [0.25, 0.3) is 5.57 Å². The molecule has 5 heterocycles. The topological polar surface area (TPSA) is 105 Å². The van der Waals surface area contributed by atoms with E-state index in [9.17, 15) is 21.6 Å². The first-order valence-corrected chi connectivity index (χ1v) is 17.2. The number of sulfonamides is 1. The van der Waals surface area contributed by atoms with Crippen LogP contribution in [0.5, 0.6) is 0 Å². The highest BCUT2D eigenvalue weighted by atomic mass is 35.5. The molecule has 0 amide bonds. The van der Waals surface area contributed by atoms with Crippen molar-refractivity contribution in [3.8, 4) is 0 Å². The van der Waals surface area contributed by atoms with E-state index in [4.69, 9.17) is 16.6 Å². The molecule has 2 aliphatic heterocycles. The van der Waals surface area contributed by atoms with Crippen molar-refractivity contribution in [2.75, 3.05) is 12.3 Å². The summed E-state index contributed by atoms with van der Waals surface area (Å²) in [7, 11) is -3.71. The number of amidine groups is 1. The van der Waals surface area contributed by atoms with Gasteiger partial charge in [0.25, 0.3) is 0 Å². The van der Waals surface area contributed by atoms with Gasteiger partial charge in [0, 0.05) is 75.9 Å². The second-order valence-corrected chi connectivity index (χ2v) is 14.5. The van der Waals surface area contributed by atoms with Crippen LogP contribution in [-0.2, 0) is 15.4 Å². The molecule has 3 aliphatic rings. The molecule has 0 radical (unpaired) electrons. The minimum absolute atomic E-state index is 0.0635. The van der Waals surface area contributed by atoms with E-state index in [0.29, 0.717) is 38.8 Å². The Balaban J connectivity index is 1.24. The lowest BCUT2D eigenvalue weighted by atomic mass is 9.92. The highest BCUT2D eigenvalue weighted by Gasteiger charge is 2.46. The quantitative estimate of drug-likeness (QED) is 0.223. The SMILES string of the molecule is O=S(=O)(CCC1(c2ccccn2)CC1)N[C@H]1CC2=C(c3ccn(C(F)F)n3)[C@H](c3ccc(F)cc3Cl)N=C(c3nccs3)N2C1. The summed E-state index contributed by atoms with van der Waals surface area (Å²) in [5.41, 5.74) is 2.50. The van der Waals surface area contributed by atoms with Gasteiger partial charge in [-0.2, -0.15) is 13.9 Å². The lowest BCUT2D eigenvalue weighted by Gasteiger charge is -2.32. The monoisotopic (exact) mass is 673 g/mol. The molecular weight excluding hydrogens is 647 g/mol. The van der Waals surface area contributed by atoms with Crippen LogP contribution in [0.4, 0.5) is 13.2 Å². The van der Waals surface area contributed by atoms with Gasteiger partial charge in [0.15, 0.2) is 10.8 Å². The van der Waals surface area contributed by atoms with Gasteiger partial charge in [-0.25, -0.2) is 27.2 Å². The molecule has 1 saturated carbocycles. The number of fused-ring (bicyclic) bond motifs is 1. The zero-order valence-corrected chi connectivity index (χ0v) is 26.0. The first kappa shape index (κ1) is 30.1. The van der Waals surface area contributed by atoms with Crippen LogP contribution in [0.15, 0.2) is 77.1 Å². The molecule has 7 rings (SSSR count). The molecule has 2 atom stereocenters. The van der Waals surface area contributed by atoms with Crippen LogP contribution in [0.2, 0.25) is 5.02 Å². The number of hydrogen-bond donors (Lipinski definition) is 1. The summed E-state index contributed by atoms with van der Waals surface area (Å²) in [6, 6.07) is 9.71. The number of aliphatic imine (C=N–C) groups is 1. The Labute approximate surface area is 266 Å². The average Bonchev–Trinajstić information content (AvgIpc) is 3.38. The maximum atomic E-state index is 14.1. The molecular formula is C30H27ClF3N7O2S2. The van der Waals surface area contributed by atoms with Crippen LogP contribution in [0.3, 0.4) is 0 Å². The fraction of sp³-hybridized carbons (Fsp3) is 0.333. The second-order valence-electron chi connectivity index (χ2n) is 11.4. The summed E-state index contributed by atoms with van der Waals surface area (Å²) in [4.78, 5) is 15.8. The van der Waals surface area contributed by atoms with Gasteiger partial charge in [0.05, 0.1) is 11.4 Å². The van der Waals surface area contributed by atoms with E-state index in [-0.39, 0.29) is 34.8 Å². The van der Waals surface area contributed by atoms with E-state index in [0.717, 1.165) is 18.5 Å². The predicted octanol–water partition coefficient (Wildman–Crippen LogP) is 5.95. The van der Waals surface area contributed by atoms with Gasteiger partial charge in [-0.1, -0.05) is 23.7 Å². The fourth-order valence-electron chi connectivity index (χ4n) is 6.14. The van der Waals surface area contributed by atoms with Crippen molar-refractivity contribution in [3.05, 3.63) is 105 Å². The van der Waals surface area contributed by atoms with Crippen LogP contribution < -0.4 is 4.72 Å². The maximum absolute atomic E-state index is 14.1. The summed E-state index contributed by atoms with van der Waals surface area (Å²) in [6.07, 6.45) is 6.99. The van der Waals surface area contributed by atoms with Crippen molar-refractivity contribution >= 4 is 44.4 Å². The number of alkyl halides is 2. The minimum Gasteiger partial charge on any atom is -0.326 e. The first-order chi connectivity index (χ1) is 21.6. The molecule has 0 bridgehead atoms. The third kappa shape index (κ3) is 5.91. The molecule has 0 spiro atoms. The number of pyridine rings is 1. The minimum atomic E-state index is -3.71. The normalized spacial score (nSPS) is 20.9. The Hall–Kier alpha value is -3.59. The molecule has 15 heteroatoms. The van der Waals surface area contributed by atoms with Gasteiger partial charge in [0.1, 0.15) is 11.9 Å². The van der Waals surface area contributed by atoms with E-state index in [1.54, 1.807) is 17.8 Å². The van der Waals surface area contributed by atoms with Gasteiger partial charge in [-0.05, 0) is 49.6 Å². The molecule has 4 aromatic rings. The molecule has 2 fully saturated rings. The molecule has 234 valence electrons. The van der Waals surface area contributed by atoms with Crippen molar-refractivity contribution in [3.63, 3.8) is 0 Å². The van der Waals surface area contributed by atoms with Gasteiger partial charge in [-0.3, -0.25) is 9.98 Å². The molecule has 3 aromatic heterocycles. The van der Waals surface area contributed by atoms with Crippen LogP contribution in [0, 0.1) is 5.82 Å². The van der Waals surface area contributed by atoms with E-state index < -0.39 is 34.5 Å². The van der Waals surface area contributed by atoms with E-state index in [2.05, 4.69) is 19.8 Å². The van der Waals surface area contributed by atoms with Gasteiger partial charge in [0.2, 0.25) is 10.0 Å². The van der Waals surface area contributed by atoms with Crippen molar-refractivity contribution in [1.82, 2.24) is 29.4 Å². The summed E-state index contributed by atoms with van der Waals surface area (Å²) >= 11 is 7.88. The zero-order valence-electron chi connectivity index (χ0n) is 23.7. The van der Waals surface area contributed by atoms with Crippen LogP contribution in [0.1, 0.15) is 60.2 Å². The molecule has 1 saturated heterocycles. The van der Waals surface area contributed by atoms with Gasteiger partial charge in [-0.15, -0.1) is 11.3 Å². The molecule has 9 nitrogen and oxygen atoms in total. The number of aromatic nitrogens is 4. The van der Waals surface area contributed by atoms with Crippen LogP contribution >= 0.6 is 22.9 Å². The number of hydrogen-bond acceptors (Lipinski definition) is 8. The maximum Gasteiger partial charge on any atom is 0.333 e. The summed E-state index contributed by atoms with van der Waals surface area (Å²) in [6.45, 7) is -2.63. The first-order valence-electron chi connectivity index (χ1n) is 14.3. The van der Waals surface area contributed by atoms with Crippen molar-refractivity contribution in [2.24, 2.45) is 4.99 Å². The molecule has 1 N–H and O–H groups in total. The zero-order chi connectivity index (χ0) is 31.3. The van der Waals surface area contributed by atoms with E-state index >= 15 is 0 Å². The molecule has 0 unspecified atom stereocenters.